The number of amidine groups is 1. The summed E-state index contributed by atoms with van der Waals surface area (Å²) in [5.74, 6) is 0.176. The molecule has 0 spiro atoms. The van der Waals surface area contributed by atoms with Crippen LogP contribution in [0.5, 0.6) is 0 Å². The van der Waals surface area contributed by atoms with E-state index in [1.54, 1.807) is 23.3 Å². The Labute approximate surface area is 140 Å². The van der Waals surface area contributed by atoms with Gasteiger partial charge in [-0.2, -0.15) is 0 Å². The van der Waals surface area contributed by atoms with Crippen molar-refractivity contribution in [3.05, 3.63) is 59.3 Å². The lowest BCUT2D eigenvalue weighted by atomic mass is 10.1. The van der Waals surface area contributed by atoms with Crippen molar-refractivity contribution in [1.82, 2.24) is 10.2 Å². The SMILES string of the molecule is O=C(N[C@@H]1CCc2ccccc21)C1=CN2CCS(=O)(=O)N=C2C=C1. The summed E-state index contributed by atoms with van der Waals surface area (Å²) >= 11 is 0. The third-order valence-corrected chi connectivity index (χ3v) is 5.69. The number of nitrogens with zero attached hydrogens (tertiary/aromatic N) is 2. The Morgan fingerprint density at radius 3 is 2.96 bits per heavy atom. The van der Waals surface area contributed by atoms with Gasteiger partial charge in [0.25, 0.3) is 15.9 Å². The van der Waals surface area contributed by atoms with Crippen LogP contribution >= 0.6 is 0 Å². The zero-order valence-electron chi connectivity index (χ0n) is 13.0. The van der Waals surface area contributed by atoms with Crippen LogP contribution in [0.15, 0.2) is 52.6 Å². The van der Waals surface area contributed by atoms with Crippen molar-refractivity contribution in [2.45, 2.75) is 18.9 Å². The number of sulfonamides is 1. The average Bonchev–Trinajstić information content (AvgIpc) is 2.97. The number of carbonyl (C=O) groups excluding carboxylic acids is 1. The minimum Gasteiger partial charge on any atom is -0.345 e. The first-order valence-corrected chi connectivity index (χ1v) is 9.51. The van der Waals surface area contributed by atoms with Crippen LogP contribution < -0.4 is 5.32 Å². The number of aryl methyl sites for hydroxylation is 1. The predicted octanol–water partition coefficient (Wildman–Crippen LogP) is 1.29. The van der Waals surface area contributed by atoms with Gasteiger partial charge in [-0.25, -0.2) is 8.42 Å². The van der Waals surface area contributed by atoms with E-state index < -0.39 is 10.0 Å². The molecule has 4 rings (SSSR count). The number of fused-ring (bicyclic) bond motifs is 2. The van der Waals surface area contributed by atoms with E-state index in [1.165, 1.54) is 11.1 Å². The van der Waals surface area contributed by atoms with Crippen LogP contribution in [0.3, 0.4) is 0 Å². The molecule has 2 aliphatic heterocycles. The van der Waals surface area contributed by atoms with Crippen molar-refractivity contribution in [3.8, 4) is 0 Å². The molecule has 7 heteroatoms. The van der Waals surface area contributed by atoms with Gasteiger partial charge in [0, 0.05) is 12.7 Å². The molecule has 1 aromatic carbocycles. The second-order valence-corrected chi connectivity index (χ2v) is 7.86. The maximum Gasteiger partial charge on any atom is 0.256 e. The van der Waals surface area contributed by atoms with E-state index >= 15 is 0 Å². The maximum atomic E-state index is 12.6. The molecular weight excluding hydrogens is 326 g/mol. The van der Waals surface area contributed by atoms with Crippen LogP contribution in [0.2, 0.25) is 0 Å². The largest absolute Gasteiger partial charge is 0.345 e. The predicted molar refractivity (Wildman–Crippen MR) is 90.8 cm³/mol. The van der Waals surface area contributed by atoms with Crippen LogP contribution in [0.25, 0.3) is 0 Å². The molecule has 0 bridgehead atoms. The second-order valence-electron chi connectivity index (χ2n) is 6.11. The van der Waals surface area contributed by atoms with E-state index in [1.807, 2.05) is 12.1 Å². The fourth-order valence-electron chi connectivity index (χ4n) is 3.28. The van der Waals surface area contributed by atoms with Crippen LogP contribution in [-0.2, 0) is 21.2 Å². The van der Waals surface area contributed by atoms with Gasteiger partial charge in [0.05, 0.1) is 17.4 Å². The standard InChI is InChI=1S/C17H17N3O3S/c21-17(18-15-7-5-12-3-1-2-4-14(12)15)13-6-8-16-19-24(22,23)10-9-20(16)11-13/h1-4,6,8,11,15H,5,7,9-10H2,(H,18,21)/t15-/m1/s1. The molecule has 6 nitrogen and oxygen atoms in total. The van der Waals surface area contributed by atoms with Crippen LogP contribution in [0.4, 0.5) is 0 Å². The van der Waals surface area contributed by atoms with Crippen molar-refractivity contribution < 1.29 is 13.2 Å². The summed E-state index contributed by atoms with van der Waals surface area (Å²) in [4.78, 5) is 14.3. The molecule has 2 heterocycles. The Kier molecular flexibility index (Phi) is 3.53. The molecule has 0 saturated carbocycles. The van der Waals surface area contributed by atoms with Gasteiger partial charge >= 0.3 is 0 Å². The van der Waals surface area contributed by atoms with Gasteiger partial charge in [-0.3, -0.25) is 4.79 Å². The topological polar surface area (TPSA) is 78.8 Å². The summed E-state index contributed by atoms with van der Waals surface area (Å²) < 4.78 is 26.8. The fourth-order valence-corrected chi connectivity index (χ4v) is 4.25. The van der Waals surface area contributed by atoms with Crippen LogP contribution in [-0.4, -0.2) is 37.4 Å². The van der Waals surface area contributed by atoms with E-state index in [9.17, 15) is 13.2 Å². The first-order valence-electron chi connectivity index (χ1n) is 7.90. The molecule has 1 amide bonds. The molecule has 0 radical (unpaired) electrons. The van der Waals surface area contributed by atoms with Crippen molar-refractivity contribution in [3.63, 3.8) is 0 Å². The van der Waals surface area contributed by atoms with E-state index in [-0.39, 0.29) is 17.7 Å². The Balaban J connectivity index is 1.51. The van der Waals surface area contributed by atoms with Gasteiger partial charge in [0.15, 0.2) is 0 Å². The van der Waals surface area contributed by atoms with E-state index in [0.29, 0.717) is 18.0 Å². The lowest BCUT2D eigenvalue weighted by molar-refractivity contribution is -0.118. The fraction of sp³-hybridized carbons (Fsp3) is 0.294. The molecule has 1 aromatic rings. The van der Waals surface area contributed by atoms with Crippen molar-refractivity contribution >= 4 is 21.8 Å². The van der Waals surface area contributed by atoms with Crippen molar-refractivity contribution in [2.24, 2.45) is 4.40 Å². The first-order chi connectivity index (χ1) is 11.5. The monoisotopic (exact) mass is 343 g/mol. The molecule has 124 valence electrons. The molecular formula is C17H17N3O3S. The molecule has 0 saturated heterocycles. The molecule has 1 atom stereocenters. The van der Waals surface area contributed by atoms with Crippen LogP contribution in [0, 0.1) is 0 Å². The summed E-state index contributed by atoms with van der Waals surface area (Å²) in [7, 11) is -3.38. The summed E-state index contributed by atoms with van der Waals surface area (Å²) in [5, 5.41) is 3.07. The minimum absolute atomic E-state index is 0.0276. The number of hydrogen-bond acceptors (Lipinski definition) is 4. The van der Waals surface area contributed by atoms with E-state index in [2.05, 4.69) is 21.8 Å². The first kappa shape index (κ1) is 15.1. The number of rotatable bonds is 2. The maximum absolute atomic E-state index is 12.6. The Bertz CT molecular complexity index is 899. The molecule has 0 aromatic heterocycles. The molecule has 1 N–H and O–H groups in total. The molecule has 0 unspecified atom stereocenters. The second kappa shape index (κ2) is 5.59. The van der Waals surface area contributed by atoms with Gasteiger partial charge in [-0.15, -0.1) is 4.40 Å². The third-order valence-electron chi connectivity index (χ3n) is 4.52. The summed E-state index contributed by atoms with van der Waals surface area (Å²) in [5.41, 5.74) is 2.97. The summed E-state index contributed by atoms with van der Waals surface area (Å²) in [6.45, 7) is 0.314. The lowest BCUT2D eigenvalue weighted by Gasteiger charge is -2.27. The van der Waals surface area contributed by atoms with Gasteiger partial charge in [-0.05, 0) is 36.1 Å². The van der Waals surface area contributed by atoms with E-state index in [4.69, 9.17) is 0 Å². The zero-order valence-corrected chi connectivity index (χ0v) is 13.8. The van der Waals surface area contributed by atoms with Gasteiger partial charge < -0.3 is 10.2 Å². The number of nitrogens with one attached hydrogen (secondary N) is 1. The zero-order chi connectivity index (χ0) is 16.7. The number of benzene rings is 1. The molecule has 1 aliphatic carbocycles. The molecule has 24 heavy (non-hydrogen) atoms. The smallest absolute Gasteiger partial charge is 0.256 e. The number of amides is 1. The Hall–Kier alpha value is -2.41. The van der Waals surface area contributed by atoms with E-state index in [0.717, 1.165) is 12.8 Å². The highest BCUT2D eigenvalue weighted by Crippen LogP contribution is 2.31. The summed E-state index contributed by atoms with van der Waals surface area (Å²) in [6.07, 6.45) is 6.73. The van der Waals surface area contributed by atoms with Crippen molar-refractivity contribution in [1.29, 1.82) is 0 Å². The summed E-state index contributed by atoms with van der Waals surface area (Å²) in [6, 6.07) is 8.18. The van der Waals surface area contributed by atoms with Crippen molar-refractivity contribution in [2.75, 3.05) is 12.3 Å². The normalized spacial score (nSPS) is 23.8. The third kappa shape index (κ3) is 2.75. The highest BCUT2D eigenvalue weighted by molar-refractivity contribution is 7.90. The number of carbonyl (C=O) groups is 1. The molecule has 3 aliphatic rings. The Morgan fingerprint density at radius 1 is 1.25 bits per heavy atom. The van der Waals surface area contributed by atoms with Crippen LogP contribution in [0.1, 0.15) is 23.6 Å². The minimum atomic E-state index is -3.38. The average molecular weight is 343 g/mol. The quantitative estimate of drug-likeness (QED) is 0.878. The molecule has 0 fully saturated rings. The Morgan fingerprint density at radius 2 is 2.08 bits per heavy atom. The van der Waals surface area contributed by atoms with Gasteiger partial charge in [0.2, 0.25) is 0 Å². The van der Waals surface area contributed by atoms with Gasteiger partial charge in [0.1, 0.15) is 5.84 Å². The van der Waals surface area contributed by atoms with Gasteiger partial charge in [-0.1, -0.05) is 24.3 Å². The number of hydrogen-bond donors (Lipinski definition) is 1. The lowest BCUT2D eigenvalue weighted by Crippen LogP contribution is -2.38. The highest BCUT2D eigenvalue weighted by Gasteiger charge is 2.27. The highest BCUT2D eigenvalue weighted by atomic mass is 32.2.